The van der Waals surface area contributed by atoms with Crippen molar-refractivity contribution in [1.29, 1.82) is 0 Å². The predicted octanol–water partition coefficient (Wildman–Crippen LogP) is 11.7. The standard InChI is InChI=1S/C49H33N5/c1-4-15-33(16-5-1)47-50-48(34-17-6-2-7-18-34)52-49(51-47)54-44-28-26-36(31-41(44)46-38-21-11-10-14-32(38)24-29-45(46)54)35-25-27-43-40(30-35)39-22-12-13-23-42(39)53(43)37-19-8-3-9-20-37/h1-31,41,44H. The molecule has 0 saturated carbocycles. The molecular weight excluding hydrogens is 659 g/mol. The molecule has 2 atom stereocenters. The lowest BCUT2D eigenvalue weighted by Gasteiger charge is -2.28. The SMILES string of the molecule is C1=CC2C(C=C1c1ccc3c(c1)c1ccccc1n3-c1ccccc1)c1c(ccc3ccccc13)N2c1nc(-c2ccccc2)nc(-c2ccccc2)n1. The first-order chi connectivity index (χ1) is 26.8. The molecule has 7 aromatic carbocycles. The van der Waals surface area contributed by atoms with Crippen LogP contribution in [-0.2, 0) is 0 Å². The van der Waals surface area contributed by atoms with Gasteiger partial charge >= 0.3 is 0 Å². The molecule has 2 unspecified atom stereocenters. The first-order valence-corrected chi connectivity index (χ1v) is 18.5. The second-order valence-electron chi connectivity index (χ2n) is 14.0. The van der Waals surface area contributed by atoms with Crippen molar-refractivity contribution < 1.29 is 0 Å². The van der Waals surface area contributed by atoms with Gasteiger partial charge in [0.15, 0.2) is 11.6 Å². The van der Waals surface area contributed by atoms with E-state index in [1.807, 2.05) is 36.4 Å². The zero-order valence-corrected chi connectivity index (χ0v) is 29.3. The van der Waals surface area contributed by atoms with E-state index >= 15 is 0 Å². The van der Waals surface area contributed by atoms with Gasteiger partial charge in [0.2, 0.25) is 5.95 Å². The Morgan fingerprint density at radius 1 is 0.481 bits per heavy atom. The van der Waals surface area contributed by atoms with Gasteiger partial charge in [0.25, 0.3) is 0 Å². The number of allylic oxidation sites excluding steroid dienone is 2. The highest BCUT2D eigenvalue weighted by Gasteiger charge is 2.41. The molecule has 2 aliphatic rings. The highest BCUT2D eigenvalue weighted by molar-refractivity contribution is 6.10. The monoisotopic (exact) mass is 691 g/mol. The van der Waals surface area contributed by atoms with Crippen molar-refractivity contribution in [1.82, 2.24) is 19.5 Å². The minimum absolute atomic E-state index is 0.0204. The van der Waals surface area contributed by atoms with E-state index in [0.29, 0.717) is 17.6 Å². The fourth-order valence-electron chi connectivity index (χ4n) is 8.52. The third-order valence-electron chi connectivity index (χ3n) is 11.0. The number of rotatable bonds is 5. The van der Waals surface area contributed by atoms with Gasteiger partial charge in [0.05, 0.1) is 17.1 Å². The van der Waals surface area contributed by atoms with Crippen LogP contribution in [0.4, 0.5) is 11.6 Å². The number of benzene rings is 7. The average Bonchev–Trinajstić information content (AvgIpc) is 3.77. The fourth-order valence-corrected chi connectivity index (χ4v) is 8.52. The minimum Gasteiger partial charge on any atom is -0.309 e. The van der Waals surface area contributed by atoms with Crippen LogP contribution in [0.1, 0.15) is 17.0 Å². The van der Waals surface area contributed by atoms with E-state index in [4.69, 9.17) is 15.0 Å². The van der Waals surface area contributed by atoms with Gasteiger partial charge < -0.3 is 9.47 Å². The summed E-state index contributed by atoms with van der Waals surface area (Å²) in [5.41, 5.74) is 10.3. The van der Waals surface area contributed by atoms with E-state index in [-0.39, 0.29) is 12.0 Å². The average molecular weight is 692 g/mol. The molecule has 1 aliphatic carbocycles. The molecule has 11 rings (SSSR count). The summed E-state index contributed by atoms with van der Waals surface area (Å²) in [6.07, 6.45) is 7.10. The van der Waals surface area contributed by atoms with Crippen LogP contribution in [-0.4, -0.2) is 25.6 Å². The molecule has 254 valence electrons. The zero-order valence-electron chi connectivity index (χ0n) is 29.3. The largest absolute Gasteiger partial charge is 0.309 e. The molecule has 0 spiro atoms. The van der Waals surface area contributed by atoms with E-state index in [2.05, 4.69) is 161 Å². The van der Waals surface area contributed by atoms with Crippen LogP contribution >= 0.6 is 0 Å². The van der Waals surface area contributed by atoms with E-state index in [0.717, 1.165) is 22.5 Å². The quantitative estimate of drug-likeness (QED) is 0.180. The summed E-state index contributed by atoms with van der Waals surface area (Å²) in [5, 5.41) is 4.97. The first kappa shape index (κ1) is 30.5. The van der Waals surface area contributed by atoms with E-state index in [1.54, 1.807) is 0 Å². The maximum atomic E-state index is 5.20. The number of hydrogen-bond donors (Lipinski definition) is 0. The molecule has 5 nitrogen and oxygen atoms in total. The summed E-state index contributed by atoms with van der Waals surface area (Å²) in [6.45, 7) is 0. The normalized spacial score (nSPS) is 16.1. The van der Waals surface area contributed by atoms with Crippen molar-refractivity contribution in [2.24, 2.45) is 0 Å². The van der Waals surface area contributed by atoms with Crippen LogP contribution < -0.4 is 4.90 Å². The molecular formula is C49H33N5. The topological polar surface area (TPSA) is 46.8 Å². The second-order valence-corrected chi connectivity index (χ2v) is 14.0. The Morgan fingerprint density at radius 2 is 1.11 bits per heavy atom. The lowest BCUT2D eigenvalue weighted by molar-refractivity contribution is 0.732. The van der Waals surface area contributed by atoms with Gasteiger partial charge in [-0.05, 0) is 63.9 Å². The molecule has 1 aliphatic heterocycles. The third kappa shape index (κ3) is 4.82. The molecule has 0 fully saturated rings. The van der Waals surface area contributed by atoms with Gasteiger partial charge in [-0.15, -0.1) is 0 Å². The Hall–Kier alpha value is -7.11. The molecule has 9 aromatic rings. The Morgan fingerprint density at radius 3 is 1.85 bits per heavy atom. The van der Waals surface area contributed by atoms with Gasteiger partial charge in [-0.3, -0.25) is 0 Å². The van der Waals surface area contributed by atoms with Crippen LogP contribution in [0.5, 0.6) is 0 Å². The van der Waals surface area contributed by atoms with Crippen LogP contribution in [0.25, 0.3) is 66.6 Å². The molecule has 0 radical (unpaired) electrons. The van der Waals surface area contributed by atoms with Gasteiger partial charge in [-0.25, -0.2) is 4.98 Å². The smallest absolute Gasteiger partial charge is 0.234 e. The number of anilines is 2. The zero-order chi connectivity index (χ0) is 35.6. The molecule has 2 aromatic heterocycles. The Balaban J connectivity index is 1.08. The van der Waals surface area contributed by atoms with Crippen molar-refractivity contribution in [2.75, 3.05) is 4.90 Å². The molecule has 3 heterocycles. The summed E-state index contributed by atoms with van der Waals surface area (Å²) >= 11 is 0. The Labute approximate surface area is 312 Å². The summed E-state index contributed by atoms with van der Waals surface area (Å²) in [4.78, 5) is 17.7. The van der Waals surface area contributed by atoms with Gasteiger partial charge in [0.1, 0.15) is 0 Å². The van der Waals surface area contributed by atoms with Gasteiger partial charge in [-0.2, -0.15) is 9.97 Å². The number of hydrogen-bond acceptors (Lipinski definition) is 4. The third-order valence-corrected chi connectivity index (χ3v) is 11.0. The van der Waals surface area contributed by atoms with Crippen molar-refractivity contribution >= 4 is 49.8 Å². The lowest BCUT2D eigenvalue weighted by Crippen LogP contribution is -2.30. The minimum atomic E-state index is -0.0204. The van der Waals surface area contributed by atoms with Crippen LogP contribution in [0.3, 0.4) is 0 Å². The van der Waals surface area contributed by atoms with Crippen molar-refractivity contribution in [2.45, 2.75) is 12.0 Å². The molecule has 0 bridgehead atoms. The number of aromatic nitrogens is 4. The van der Waals surface area contributed by atoms with Crippen molar-refractivity contribution in [3.05, 3.63) is 199 Å². The summed E-state index contributed by atoms with van der Waals surface area (Å²) < 4.78 is 2.37. The summed E-state index contributed by atoms with van der Waals surface area (Å²) in [6, 6.07) is 59.8. The summed E-state index contributed by atoms with van der Waals surface area (Å²) in [5.74, 6) is 2.03. The number of fused-ring (bicyclic) bond motifs is 8. The first-order valence-electron chi connectivity index (χ1n) is 18.5. The van der Waals surface area contributed by atoms with Crippen LogP contribution in [0, 0.1) is 0 Å². The lowest BCUT2D eigenvalue weighted by atomic mass is 9.84. The van der Waals surface area contributed by atoms with Gasteiger partial charge in [0, 0.05) is 39.2 Å². The molecule has 5 heteroatoms. The van der Waals surface area contributed by atoms with Crippen LogP contribution in [0.15, 0.2) is 188 Å². The molecule has 0 amide bonds. The van der Waals surface area contributed by atoms with E-state index in [9.17, 15) is 0 Å². The second kappa shape index (κ2) is 12.2. The van der Waals surface area contributed by atoms with Gasteiger partial charge in [-0.1, -0.05) is 152 Å². The Bertz CT molecular complexity index is 2890. The maximum absolute atomic E-state index is 5.20. The number of para-hydroxylation sites is 2. The van der Waals surface area contributed by atoms with Crippen LogP contribution in [0.2, 0.25) is 0 Å². The molecule has 0 saturated heterocycles. The van der Waals surface area contributed by atoms with Crippen molar-refractivity contribution in [3.8, 4) is 28.5 Å². The number of nitrogens with zero attached hydrogens (tertiary/aromatic N) is 5. The predicted molar refractivity (Wildman–Crippen MR) is 221 cm³/mol. The Kier molecular flexibility index (Phi) is 6.92. The molecule has 0 N–H and O–H groups in total. The molecule has 54 heavy (non-hydrogen) atoms. The fraction of sp³-hybridized carbons (Fsp3) is 0.0408. The van der Waals surface area contributed by atoms with E-state index in [1.165, 1.54) is 49.3 Å². The highest BCUT2D eigenvalue weighted by atomic mass is 15.3. The van der Waals surface area contributed by atoms with Crippen molar-refractivity contribution in [3.63, 3.8) is 0 Å². The maximum Gasteiger partial charge on any atom is 0.234 e. The van der Waals surface area contributed by atoms with E-state index < -0.39 is 0 Å². The summed E-state index contributed by atoms with van der Waals surface area (Å²) in [7, 11) is 0. The highest BCUT2D eigenvalue weighted by Crippen LogP contribution is 2.51.